The number of carbonyl (C=O) groups is 1. The predicted octanol–water partition coefficient (Wildman–Crippen LogP) is -1.40. The van der Waals surface area contributed by atoms with Crippen LogP contribution in [0, 0.1) is 0 Å². The van der Waals surface area contributed by atoms with E-state index in [1.807, 2.05) is 0 Å². The molecule has 0 aromatic heterocycles. The molecule has 2 heterocycles. The standard InChI is InChI=1S/C12H24N4O2/c13-11(12(14)17)2-4-15-3-1-10(9-15)16-5-7-18-8-6-16/h10-11H,1-9,13H2,(H2,14,17). The molecule has 2 fully saturated rings. The number of morpholine rings is 1. The quantitative estimate of drug-likeness (QED) is 0.632. The maximum absolute atomic E-state index is 10.9. The Labute approximate surface area is 108 Å². The van der Waals surface area contributed by atoms with Gasteiger partial charge in [0.05, 0.1) is 19.3 Å². The van der Waals surface area contributed by atoms with Gasteiger partial charge in [-0.05, 0) is 19.4 Å². The van der Waals surface area contributed by atoms with Crippen molar-refractivity contribution in [2.24, 2.45) is 11.5 Å². The van der Waals surface area contributed by atoms with Gasteiger partial charge >= 0.3 is 0 Å². The molecule has 0 spiro atoms. The van der Waals surface area contributed by atoms with Crippen molar-refractivity contribution in [3.63, 3.8) is 0 Å². The summed E-state index contributed by atoms with van der Waals surface area (Å²) in [7, 11) is 0. The number of hydrogen-bond donors (Lipinski definition) is 2. The summed E-state index contributed by atoms with van der Waals surface area (Å²) in [5.41, 5.74) is 10.8. The highest BCUT2D eigenvalue weighted by Crippen LogP contribution is 2.17. The van der Waals surface area contributed by atoms with E-state index in [-0.39, 0.29) is 0 Å². The van der Waals surface area contributed by atoms with E-state index in [2.05, 4.69) is 9.80 Å². The van der Waals surface area contributed by atoms with Crippen molar-refractivity contribution in [1.82, 2.24) is 9.80 Å². The van der Waals surface area contributed by atoms with Gasteiger partial charge in [-0.25, -0.2) is 0 Å². The molecule has 1 amide bonds. The number of rotatable bonds is 5. The molecule has 0 aromatic rings. The van der Waals surface area contributed by atoms with Crippen molar-refractivity contribution >= 4 is 5.91 Å². The minimum Gasteiger partial charge on any atom is -0.379 e. The summed E-state index contributed by atoms with van der Waals surface area (Å²) in [6.45, 7) is 6.81. The number of primary amides is 1. The molecule has 0 saturated carbocycles. The maximum atomic E-state index is 10.9. The fourth-order valence-electron chi connectivity index (χ4n) is 2.72. The number of nitrogens with zero attached hydrogens (tertiary/aromatic N) is 2. The molecule has 0 aromatic carbocycles. The molecule has 2 aliphatic rings. The van der Waals surface area contributed by atoms with E-state index < -0.39 is 11.9 Å². The Bertz CT molecular complexity index is 281. The van der Waals surface area contributed by atoms with Crippen LogP contribution >= 0.6 is 0 Å². The minimum atomic E-state index is -0.507. The Kier molecular flexibility index (Phi) is 4.94. The summed E-state index contributed by atoms with van der Waals surface area (Å²) in [6, 6.07) is 0.131. The Morgan fingerprint density at radius 3 is 2.72 bits per heavy atom. The largest absolute Gasteiger partial charge is 0.379 e. The molecule has 18 heavy (non-hydrogen) atoms. The van der Waals surface area contributed by atoms with E-state index in [0.717, 1.165) is 45.9 Å². The fraction of sp³-hybridized carbons (Fsp3) is 0.917. The van der Waals surface area contributed by atoms with Crippen LogP contribution in [0.1, 0.15) is 12.8 Å². The monoisotopic (exact) mass is 256 g/mol. The molecule has 4 N–H and O–H groups in total. The van der Waals surface area contributed by atoms with E-state index in [9.17, 15) is 4.79 Å². The molecular formula is C12H24N4O2. The van der Waals surface area contributed by atoms with Crippen LogP contribution in [0.3, 0.4) is 0 Å². The van der Waals surface area contributed by atoms with Gasteiger partial charge in [0.25, 0.3) is 0 Å². The SMILES string of the molecule is NC(=O)C(N)CCN1CCC(N2CCOCC2)C1. The predicted molar refractivity (Wildman–Crippen MR) is 69.0 cm³/mol. The van der Waals surface area contributed by atoms with Gasteiger partial charge in [-0.2, -0.15) is 0 Å². The van der Waals surface area contributed by atoms with Crippen molar-refractivity contribution < 1.29 is 9.53 Å². The van der Waals surface area contributed by atoms with Crippen LogP contribution in [-0.2, 0) is 9.53 Å². The lowest BCUT2D eigenvalue weighted by Crippen LogP contribution is -2.45. The first-order chi connectivity index (χ1) is 8.66. The van der Waals surface area contributed by atoms with Crippen molar-refractivity contribution in [3.8, 4) is 0 Å². The highest BCUT2D eigenvalue weighted by atomic mass is 16.5. The van der Waals surface area contributed by atoms with Gasteiger partial charge in [-0.1, -0.05) is 0 Å². The Morgan fingerprint density at radius 2 is 2.06 bits per heavy atom. The third kappa shape index (κ3) is 3.65. The summed E-state index contributed by atoms with van der Waals surface area (Å²) in [5.74, 6) is -0.404. The lowest BCUT2D eigenvalue weighted by Gasteiger charge is -2.32. The summed E-state index contributed by atoms with van der Waals surface area (Å²) >= 11 is 0. The van der Waals surface area contributed by atoms with E-state index in [4.69, 9.17) is 16.2 Å². The average molecular weight is 256 g/mol. The van der Waals surface area contributed by atoms with Crippen molar-refractivity contribution in [1.29, 1.82) is 0 Å². The number of nitrogens with two attached hydrogens (primary N) is 2. The van der Waals surface area contributed by atoms with Crippen LogP contribution < -0.4 is 11.5 Å². The van der Waals surface area contributed by atoms with Crippen molar-refractivity contribution in [2.45, 2.75) is 24.9 Å². The number of ether oxygens (including phenoxy) is 1. The molecule has 6 nitrogen and oxygen atoms in total. The van der Waals surface area contributed by atoms with Gasteiger partial charge in [-0.15, -0.1) is 0 Å². The van der Waals surface area contributed by atoms with E-state index in [1.54, 1.807) is 0 Å². The van der Waals surface area contributed by atoms with E-state index in [1.165, 1.54) is 6.42 Å². The van der Waals surface area contributed by atoms with Gasteiger partial charge in [0.1, 0.15) is 0 Å². The topological polar surface area (TPSA) is 84.8 Å². The van der Waals surface area contributed by atoms with E-state index >= 15 is 0 Å². The summed E-state index contributed by atoms with van der Waals surface area (Å²) in [5, 5.41) is 0. The second kappa shape index (κ2) is 6.47. The first-order valence-electron chi connectivity index (χ1n) is 6.76. The smallest absolute Gasteiger partial charge is 0.234 e. The molecule has 6 heteroatoms. The van der Waals surface area contributed by atoms with Crippen LogP contribution in [0.25, 0.3) is 0 Å². The number of amides is 1. The second-order valence-corrected chi connectivity index (χ2v) is 5.19. The summed E-state index contributed by atoms with van der Waals surface area (Å²) in [6.07, 6.45) is 1.86. The Morgan fingerprint density at radius 1 is 1.33 bits per heavy atom. The Hall–Kier alpha value is -0.690. The molecule has 2 rings (SSSR count). The van der Waals surface area contributed by atoms with Gasteiger partial charge < -0.3 is 21.1 Å². The van der Waals surface area contributed by atoms with Gasteiger partial charge in [0.15, 0.2) is 0 Å². The average Bonchev–Trinajstić information content (AvgIpc) is 2.85. The van der Waals surface area contributed by atoms with Gasteiger partial charge in [-0.3, -0.25) is 9.69 Å². The highest BCUT2D eigenvalue weighted by molar-refractivity contribution is 5.79. The van der Waals surface area contributed by atoms with Crippen molar-refractivity contribution in [2.75, 3.05) is 45.9 Å². The van der Waals surface area contributed by atoms with Crippen LogP contribution in [0.15, 0.2) is 0 Å². The van der Waals surface area contributed by atoms with Crippen LogP contribution in [-0.4, -0.2) is 73.7 Å². The lowest BCUT2D eigenvalue weighted by molar-refractivity contribution is -0.119. The zero-order valence-corrected chi connectivity index (χ0v) is 10.9. The first-order valence-corrected chi connectivity index (χ1v) is 6.76. The maximum Gasteiger partial charge on any atom is 0.234 e. The first kappa shape index (κ1) is 13.7. The number of carbonyl (C=O) groups excluding carboxylic acids is 1. The lowest BCUT2D eigenvalue weighted by atomic mass is 10.2. The zero-order valence-electron chi connectivity index (χ0n) is 10.9. The molecule has 2 saturated heterocycles. The van der Waals surface area contributed by atoms with E-state index in [0.29, 0.717) is 12.5 Å². The third-order valence-electron chi connectivity index (χ3n) is 3.93. The highest BCUT2D eigenvalue weighted by Gasteiger charge is 2.28. The number of likely N-dealkylation sites (tertiary alicyclic amines) is 1. The molecular weight excluding hydrogens is 232 g/mol. The van der Waals surface area contributed by atoms with Gasteiger partial charge in [0.2, 0.25) is 5.91 Å². The molecule has 0 aliphatic carbocycles. The molecule has 0 radical (unpaired) electrons. The molecule has 104 valence electrons. The Balaban J connectivity index is 1.69. The summed E-state index contributed by atoms with van der Waals surface area (Å²) < 4.78 is 5.37. The normalized spacial score (nSPS) is 28.4. The minimum absolute atomic E-state index is 0.404. The van der Waals surface area contributed by atoms with Crippen LogP contribution in [0.4, 0.5) is 0 Å². The van der Waals surface area contributed by atoms with Gasteiger partial charge in [0, 0.05) is 32.2 Å². The third-order valence-corrected chi connectivity index (χ3v) is 3.93. The fourth-order valence-corrected chi connectivity index (χ4v) is 2.72. The van der Waals surface area contributed by atoms with Crippen LogP contribution in [0.2, 0.25) is 0 Å². The molecule has 0 bridgehead atoms. The number of hydrogen-bond acceptors (Lipinski definition) is 5. The second-order valence-electron chi connectivity index (χ2n) is 5.19. The zero-order chi connectivity index (χ0) is 13.0. The molecule has 2 unspecified atom stereocenters. The molecule has 2 atom stereocenters. The van der Waals surface area contributed by atoms with Crippen molar-refractivity contribution in [3.05, 3.63) is 0 Å². The molecule has 2 aliphatic heterocycles. The van der Waals surface area contributed by atoms with Crippen LogP contribution in [0.5, 0.6) is 0 Å². The summed E-state index contributed by atoms with van der Waals surface area (Å²) in [4.78, 5) is 15.8.